The second-order valence-corrected chi connectivity index (χ2v) is 26.0. The van der Waals surface area contributed by atoms with Gasteiger partial charge in [0.25, 0.3) is 0 Å². The molecule has 1 spiro atoms. The van der Waals surface area contributed by atoms with E-state index in [-0.39, 0.29) is 63.3 Å². The van der Waals surface area contributed by atoms with Crippen molar-refractivity contribution in [3.63, 3.8) is 0 Å². The van der Waals surface area contributed by atoms with Crippen molar-refractivity contribution in [2.45, 2.75) is 204 Å². The normalized spacial score (nSPS) is 27.5. The van der Waals surface area contributed by atoms with Gasteiger partial charge in [-0.2, -0.15) is 13.2 Å². The first-order valence-corrected chi connectivity index (χ1v) is 31.7. The average molecular weight is 1260 g/mol. The third kappa shape index (κ3) is 17.4. The van der Waals surface area contributed by atoms with Gasteiger partial charge in [0.15, 0.2) is 0 Å². The fraction of sp³-hybridized carbons (Fsp3) is 0.726. The minimum Gasteiger partial charge on any atom is -0.351 e. The Bertz CT molecular complexity index is 2740. The zero-order valence-corrected chi connectivity index (χ0v) is 53.7. The molecule has 2 aliphatic heterocycles. The van der Waals surface area contributed by atoms with Crippen LogP contribution < -0.4 is 21.3 Å². The lowest BCUT2D eigenvalue weighted by atomic mass is 9.74. The first-order chi connectivity index (χ1) is 41.4. The Balaban J connectivity index is 1.33. The average Bonchev–Trinajstić information content (AvgIpc) is 3.57. The lowest BCUT2D eigenvalue weighted by Gasteiger charge is -2.46. The Morgan fingerprint density at radius 2 is 1.28 bits per heavy atom. The van der Waals surface area contributed by atoms with E-state index in [9.17, 15) is 65.9 Å². The number of hydrogen-bond donors (Lipinski definition) is 4. The number of fused-ring (bicyclic) bond motifs is 1. The van der Waals surface area contributed by atoms with E-state index in [2.05, 4.69) is 21.3 Å². The Labute approximate surface area is 520 Å². The zero-order chi connectivity index (χ0) is 65.1. The molecule has 0 radical (unpaired) electrons. The van der Waals surface area contributed by atoms with Gasteiger partial charge in [0, 0.05) is 61.3 Å². The summed E-state index contributed by atoms with van der Waals surface area (Å²) in [6, 6.07) is -4.44. The number of aryl methyl sites for hydroxylation is 1. The molecule has 0 bridgehead atoms. The molecule has 11 amide bonds. The zero-order valence-electron chi connectivity index (χ0n) is 52.9. The number of hydrogen-bond acceptors (Lipinski definition) is 11. The van der Waals surface area contributed by atoms with Crippen LogP contribution in [0.1, 0.15) is 154 Å². The van der Waals surface area contributed by atoms with Crippen LogP contribution in [0.15, 0.2) is 18.2 Å². The minimum absolute atomic E-state index is 0.0383. The van der Waals surface area contributed by atoms with E-state index in [1.807, 2.05) is 6.92 Å². The number of amides is 11. The summed E-state index contributed by atoms with van der Waals surface area (Å²) in [7, 11) is 8.53. The van der Waals surface area contributed by atoms with Crippen LogP contribution in [-0.2, 0) is 65.3 Å². The number of nitrogens with one attached hydrogen (secondary N) is 4. The molecule has 3 saturated carbocycles. The maximum absolute atomic E-state index is 14.9. The molecular weight excluding hydrogens is 1170 g/mol. The van der Waals surface area contributed by atoms with Crippen LogP contribution in [0, 0.1) is 17.8 Å². The highest BCUT2D eigenvalue weighted by atomic mass is 35.5. The molecule has 22 nitrogen and oxygen atoms in total. The van der Waals surface area contributed by atoms with E-state index in [1.54, 1.807) is 13.8 Å². The van der Waals surface area contributed by atoms with Gasteiger partial charge in [-0.15, -0.1) is 0 Å². The third-order valence-electron chi connectivity index (χ3n) is 19.1. The molecule has 1 aromatic carbocycles. The number of rotatable bonds is 8. The van der Waals surface area contributed by atoms with Crippen molar-refractivity contribution in [1.29, 1.82) is 0 Å². The lowest BCUT2D eigenvalue weighted by Crippen LogP contribution is -2.68. The molecule has 1 aromatic rings. The summed E-state index contributed by atoms with van der Waals surface area (Å²) in [6.45, 7) is 5.19. The number of alkyl halides is 3. The number of halogens is 4. The van der Waals surface area contributed by atoms with Crippen molar-refractivity contribution < 1.29 is 65.9 Å². The smallest absolute Gasteiger partial charge is 0.351 e. The predicted octanol–water partition coefficient (Wildman–Crippen LogP) is 4.28. The molecule has 5 fully saturated rings. The first kappa shape index (κ1) is 70.6. The van der Waals surface area contributed by atoms with Crippen LogP contribution in [0.3, 0.4) is 0 Å². The number of nitrogens with zero attached hydrogens (tertiary/aromatic N) is 7. The lowest BCUT2D eigenvalue weighted by molar-refractivity contribution is -0.152. The maximum Gasteiger partial charge on any atom is 0.417 e. The summed E-state index contributed by atoms with van der Waals surface area (Å²) < 4.78 is 41.2. The van der Waals surface area contributed by atoms with Crippen LogP contribution in [0.2, 0.25) is 5.02 Å². The molecule has 88 heavy (non-hydrogen) atoms. The van der Waals surface area contributed by atoms with E-state index in [0.29, 0.717) is 37.7 Å². The molecule has 1 unspecified atom stereocenters. The topological polar surface area (TPSA) is 259 Å². The fourth-order valence-electron chi connectivity index (χ4n) is 13.0. The predicted molar refractivity (Wildman–Crippen MR) is 321 cm³/mol. The van der Waals surface area contributed by atoms with Gasteiger partial charge in [-0.1, -0.05) is 82.9 Å². The highest BCUT2D eigenvalue weighted by Gasteiger charge is 2.52. The molecule has 5 aliphatic rings. The van der Waals surface area contributed by atoms with Crippen LogP contribution in [0.5, 0.6) is 0 Å². The molecule has 8 atom stereocenters. The highest BCUT2D eigenvalue weighted by Crippen LogP contribution is 2.39. The monoisotopic (exact) mass is 1260 g/mol. The van der Waals surface area contributed by atoms with Crippen molar-refractivity contribution in [3.8, 4) is 0 Å². The fourth-order valence-corrected chi connectivity index (χ4v) is 13.3. The Hall–Kier alpha value is -6.53. The molecule has 26 heteroatoms. The van der Waals surface area contributed by atoms with Crippen molar-refractivity contribution in [1.82, 2.24) is 55.6 Å². The summed E-state index contributed by atoms with van der Waals surface area (Å²) >= 11 is 6.10. The van der Waals surface area contributed by atoms with Crippen molar-refractivity contribution in [3.05, 3.63) is 34.3 Å². The van der Waals surface area contributed by atoms with Crippen molar-refractivity contribution in [2.24, 2.45) is 17.8 Å². The van der Waals surface area contributed by atoms with Crippen LogP contribution >= 0.6 is 11.6 Å². The third-order valence-corrected chi connectivity index (χ3v) is 19.4. The van der Waals surface area contributed by atoms with Gasteiger partial charge < -0.3 is 55.6 Å². The van der Waals surface area contributed by atoms with Crippen molar-refractivity contribution in [2.75, 3.05) is 68.5 Å². The standard InChI is InChI=1S/C62H93ClF3N11O11/c1-11-37(2)52-59(87)73(7)35-50(80)71(5)36-51(81)75(9)47(33-40-19-13-12-14-20-40)58(86)72(6)34-48(78)68-45(27-25-41-24-26-43(44(63)32-41)62(64,65)66)57(85)77-30-17-23-46(77)55(83)70-61(28-18-29-61)60(88)76(10)53(42-21-15-16-22-42)56(84)67-38(3)31-49(79)74(8)39(4)54(82)69-52/h24,26,32,37-40,42,45-47,52-53H,11-23,25,27-31,33-36H2,1-10H3,(H,67,84)(H,68,78)(H,69,82)(H,70,83)/t37?,38-,39+,45+,46+,47+,52+,53+/m1/s1. The quantitative estimate of drug-likeness (QED) is 0.286. The van der Waals surface area contributed by atoms with Gasteiger partial charge in [-0.25, -0.2) is 0 Å². The summed E-state index contributed by atoms with van der Waals surface area (Å²) in [5, 5.41) is 10.9. The van der Waals surface area contributed by atoms with Crippen LogP contribution in [0.4, 0.5) is 13.2 Å². The maximum atomic E-state index is 14.9. The molecule has 0 aromatic heterocycles. The SMILES string of the molecule is CCC(C)[C@@H]1NC(=O)[C@H](C)N(C)C(=O)C[C@@H](C)NC(=O)[C@H](C2CCCC2)N(C)C(=O)C2(CCC2)NC(=O)[C@@H]2CCCN2C(=O)[C@H](CCc2ccc(C(F)(F)F)c(Cl)c2)NC(=O)CN(C)C(=O)[C@H](CC2CCCCC2)N(C)C(=O)CN(C)C(=O)CN(C)C1=O. The van der Waals surface area contributed by atoms with Gasteiger partial charge in [0.2, 0.25) is 65.0 Å². The Morgan fingerprint density at radius 1 is 0.659 bits per heavy atom. The highest BCUT2D eigenvalue weighted by molar-refractivity contribution is 6.31. The second-order valence-electron chi connectivity index (χ2n) is 25.6. The van der Waals surface area contributed by atoms with Crippen molar-refractivity contribution >= 4 is 76.6 Å². The molecule has 3 aliphatic carbocycles. The first-order valence-electron chi connectivity index (χ1n) is 31.3. The van der Waals surface area contributed by atoms with Gasteiger partial charge >= 0.3 is 6.18 Å². The van der Waals surface area contributed by atoms with Crippen LogP contribution in [0.25, 0.3) is 0 Å². The Morgan fingerprint density at radius 3 is 1.89 bits per heavy atom. The summed E-state index contributed by atoms with van der Waals surface area (Å²) in [5.41, 5.74) is -2.19. The van der Waals surface area contributed by atoms with E-state index in [1.165, 1.54) is 74.9 Å². The number of carbonyl (C=O) groups excluding carboxylic acids is 11. The number of carbonyl (C=O) groups is 11. The van der Waals surface area contributed by atoms with E-state index in [4.69, 9.17) is 11.6 Å². The van der Waals surface area contributed by atoms with E-state index in [0.717, 1.165) is 71.8 Å². The van der Waals surface area contributed by atoms with Gasteiger partial charge in [-0.05, 0) is 114 Å². The largest absolute Gasteiger partial charge is 0.417 e. The number of likely N-dealkylation sites (N-methyl/N-ethyl adjacent to an activating group) is 6. The second kappa shape index (κ2) is 30.8. The van der Waals surface area contributed by atoms with Gasteiger partial charge in [0.1, 0.15) is 41.8 Å². The summed E-state index contributed by atoms with van der Waals surface area (Å²) in [6.07, 6.45) is 4.33. The summed E-state index contributed by atoms with van der Waals surface area (Å²) in [5.74, 6) is -7.39. The van der Waals surface area contributed by atoms with Crippen LogP contribution in [-0.4, -0.2) is 216 Å². The summed E-state index contributed by atoms with van der Waals surface area (Å²) in [4.78, 5) is 167. The van der Waals surface area contributed by atoms with Gasteiger partial charge in [-0.3, -0.25) is 52.7 Å². The molecule has 2 saturated heterocycles. The molecule has 2 heterocycles. The molecular formula is C62H93ClF3N11O11. The minimum atomic E-state index is -4.74. The molecule has 490 valence electrons. The molecule has 6 rings (SSSR count). The number of benzene rings is 1. The van der Waals surface area contributed by atoms with Gasteiger partial charge in [0.05, 0.1) is 30.2 Å². The Kier molecular flexibility index (Phi) is 24.7. The molecule has 4 N–H and O–H groups in total. The van der Waals surface area contributed by atoms with E-state index >= 15 is 0 Å². The van der Waals surface area contributed by atoms with E-state index < -0.39 is 155 Å².